The van der Waals surface area contributed by atoms with Crippen LogP contribution >= 0.6 is 0 Å². The Morgan fingerprint density at radius 2 is 2.00 bits per heavy atom. The Bertz CT molecular complexity index is 373. The highest BCUT2D eigenvalue weighted by Gasteiger charge is 2.38. The Hall–Kier alpha value is -1.38. The van der Waals surface area contributed by atoms with E-state index in [9.17, 15) is 14.7 Å². The van der Waals surface area contributed by atoms with Crippen molar-refractivity contribution in [3.05, 3.63) is 0 Å². The standard InChI is InChI=1S/C13H24N4O4/c18-10-8-11(12(19)20)17(9-10)13(21)15-2-1-5-16-6-3-14-4-7-16/h10-11,14,18H,1-9H2,(H,15,21)(H,19,20)/t10?,11-/m0/s1. The molecule has 0 spiro atoms. The first-order valence-electron chi connectivity index (χ1n) is 7.46. The summed E-state index contributed by atoms with van der Waals surface area (Å²) >= 11 is 0. The second kappa shape index (κ2) is 7.58. The molecule has 8 heteroatoms. The summed E-state index contributed by atoms with van der Waals surface area (Å²) in [6.45, 7) is 5.56. The fourth-order valence-corrected chi connectivity index (χ4v) is 2.81. The molecule has 0 radical (unpaired) electrons. The van der Waals surface area contributed by atoms with Crippen molar-refractivity contribution in [3.8, 4) is 0 Å². The lowest BCUT2D eigenvalue weighted by Gasteiger charge is -2.27. The highest BCUT2D eigenvalue weighted by molar-refractivity contribution is 5.83. The number of nitrogens with one attached hydrogen (secondary N) is 2. The molecule has 2 atom stereocenters. The van der Waals surface area contributed by atoms with Gasteiger partial charge in [-0.15, -0.1) is 0 Å². The van der Waals surface area contributed by atoms with E-state index >= 15 is 0 Å². The molecule has 2 aliphatic rings. The van der Waals surface area contributed by atoms with Crippen LogP contribution in [0.4, 0.5) is 4.79 Å². The molecular weight excluding hydrogens is 276 g/mol. The van der Waals surface area contributed by atoms with Gasteiger partial charge >= 0.3 is 12.0 Å². The van der Waals surface area contributed by atoms with Gasteiger partial charge in [0.2, 0.25) is 0 Å². The minimum Gasteiger partial charge on any atom is -0.480 e. The first kappa shape index (κ1) is 16.0. The highest BCUT2D eigenvalue weighted by Crippen LogP contribution is 2.17. The highest BCUT2D eigenvalue weighted by atomic mass is 16.4. The average molecular weight is 300 g/mol. The molecule has 8 nitrogen and oxygen atoms in total. The van der Waals surface area contributed by atoms with Crippen molar-refractivity contribution in [3.63, 3.8) is 0 Å². The second-order valence-corrected chi connectivity index (χ2v) is 5.57. The van der Waals surface area contributed by atoms with E-state index in [4.69, 9.17) is 5.11 Å². The summed E-state index contributed by atoms with van der Waals surface area (Å²) < 4.78 is 0. The molecular formula is C13H24N4O4. The Balaban J connectivity index is 1.67. The lowest BCUT2D eigenvalue weighted by molar-refractivity contribution is -0.141. The molecule has 2 aliphatic heterocycles. The molecule has 2 fully saturated rings. The number of β-amino-alcohol motifs (C(OH)–C–C–N with tert-alkyl or cyclic N) is 1. The normalized spacial score (nSPS) is 26.8. The van der Waals surface area contributed by atoms with Crippen molar-refractivity contribution in [2.45, 2.75) is 25.0 Å². The van der Waals surface area contributed by atoms with Crippen LogP contribution in [-0.2, 0) is 4.79 Å². The number of aliphatic hydroxyl groups excluding tert-OH is 1. The Kier molecular flexibility index (Phi) is 5.77. The smallest absolute Gasteiger partial charge is 0.326 e. The summed E-state index contributed by atoms with van der Waals surface area (Å²) in [4.78, 5) is 26.6. The topological polar surface area (TPSA) is 105 Å². The number of rotatable bonds is 5. The summed E-state index contributed by atoms with van der Waals surface area (Å²) in [7, 11) is 0. The largest absolute Gasteiger partial charge is 0.480 e. The lowest BCUT2D eigenvalue weighted by atomic mass is 10.2. The van der Waals surface area contributed by atoms with Crippen LogP contribution in [0.15, 0.2) is 0 Å². The number of nitrogens with zero attached hydrogens (tertiary/aromatic N) is 2. The third-order valence-corrected chi connectivity index (χ3v) is 3.96. The van der Waals surface area contributed by atoms with Gasteiger partial charge in [-0.1, -0.05) is 0 Å². The Morgan fingerprint density at radius 3 is 2.67 bits per heavy atom. The number of amides is 2. The molecule has 0 bridgehead atoms. The van der Waals surface area contributed by atoms with Gasteiger partial charge in [0.25, 0.3) is 0 Å². The molecule has 21 heavy (non-hydrogen) atoms. The molecule has 2 amide bonds. The van der Waals surface area contributed by atoms with E-state index in [-0.39, 0.29) is 13.0 Å². The molecule has 0 saturated carbocycles. The second-order valence-electron chi connectivity index (χ2n) is 5.57. The number of carbonyl (C=O) groups is 2. The molecule has 120 valence electrons. The maximum Gasteiger partial charge on any atom is 0.326 e. The molecule has 0 aromatic rings. The molecule has 0 aromatic heterocycles. The number of aliphatic hydroxyl groups is 1. The van der Waals surface area contributed by atoms with Crippen molar-refractivity contribution in [2.24, 2.45) is 0 Å². The molecule has 2 rings (SSSR count). The Morgan fingerprint density at radius 1 is 1.29 bits per heavy atom. The summed E-state index contributed by atoms with van der Waals surface area (Å²) in [6.07, 6.45) is 0.182. The van der Waals surface area contributed by atoms with Gasteiger partial charge in [-0.3, -0.25) is 0 Å². The van der Waals surface area contributed by atoms with Crippen molar-refractivity contribution >= 4 is 12.0 Å². The molecule has 2 saturated heterocycles. The van der Waals surface area contributed by atoms with E-state index < -0.39 is 24.1 Å². The van der Waals surface area contributed by atoms with Crippen LogP contribution in [0.2, 0.25) is 0 Å². The van der Waals surface area contributed by atoms with Gasteiger partial charge in [-0.25, -0.2) is 9.59 Å². The first-order chi connectivity index (χ1) is 10.1. The number of aliphatic carboxylic acids is 1. The van der Waals surface area contributed by atoms with E-state index in [1.165, 1.54) is 4.90 Å². The van der Waals surface area contributed by atoms with Gasteiger partial charge in [-0.2, -0.15) is 0 Å². The number of hydrogen-bond donors (Lipinski definition) is 4. The molecule has 4 N–H and O–H groups in total. The number of likely N-dealkylation sites (tertiary alicyclic amines) is 1. The number of hydrogen-bond acceptors (Lipinski definition) is 5. The SMILES string of the molecule is O=C(O)[C@@H]1CC(O)CN1C(=O)NCCCN1CCNCC1. The van der Waals surface area contributed by atoms with Gasteiger partial charge in [0.1, 0.15) is 6.04 Å². The number of carbonyl (C=O) groups excluding carboxylic acids is 1. The van der Waals surface area contributed by atoms with Gasteiger partial charge in [0.15, 0.2) is 0 Å². The summed E-state index contributed by atoms with van der Waals surface area (Å²) in [5, 5.41) is 24.6. The summed E-state index contributed by atoms with van der Waals surface area (Å²) in [6, 6.07) is -1.33. The average Bonchev–Trinajstić information content (AvgIpc) is 2.87. The van der Waals surface area contributed by atoms with Gasteiger partial charge < -0.3 is 30.6 Å². The minimum atomic E-state index is -1.07. The number of carboxylic acid groups (broad SMARTS) is 1. The molecule has 2 heterocycles. The fourth-order valence-electron chi connectivity index (χ4n) is 2.81. The van der Waals surface area contributed by atoms with Gasteiger partial charge in [-0.05, 0) is 13.0 Å². The monoisotopic (exact) mass is 300 g/mol. The van der Waals surface area contributed by atoms with Crippen molar-refractivity contribution < 1.29 is 19.8 Å². The van der Waals surface area contributed by atoms with Crippen LogP contribution < -0.4 is 10.6 Å². The third-order valence-electron chi connectivity index (χ3n) is 3.96. The zero-order chi connectivity index (χ0) is 15.2. The number of urea groups is 1. The van der Waals surface area contributed by atoms with E-state index in [1.54, 1.807) is 0 Å². The van der Waals surface area contributed by atoms with E-state index in [1.807, 2.05) is 0 Å². The van der Waals surface area contributed by atoms with Gasteiger partial charge in [0.05, 0.1) is 6.10 Å². The van der Waals surface area contributed by atoms with E-state index in [0.29, 0.717) is 6.54 Å². The van der Waals surface area contributed by atoms with Gasteiger partial charge in [0, 0.05) is 45.7 Å². The quantitative estimate of drug-likeness (QED) is 0.461. The zero-order valence-electron chi connectivity index (χ0n) is 12.1. The molecule has 0 aliphatic carbocycles. The predicted octanol–water partition coefficient (Wildman–Crippen LogP) is -1.49. The van der Waals surface area contributed by atoms with Crippen LogP contribution in [0.25, 0.3) is 0 Å². The van der Waals surface area contributed by atoms with Crippen molar-refractivity contribution in [1.82, 2.24) is 20.4 Å². The maximum absolute atomic E-state index is 12.0. The Labute approximate surface area is 124 Å². The van der Waals surface area contributed by atoms with E-state index in [0.717, 1.165) is 39.1 Å². The van der Waals surface area contributed by atoms with E-state index in [2.05, 4.69) is 15.5 Å². The van der Waals surface area contributed by atoms with Crippen molar-refractivity contribution in [1.29, 1.82) is 0 Å². The predicted molar refractivity (Wildman–Crippen MR) is 76.1 cm³/mol. The summed E-state index contributed by atoms with van der Waals surface area (Å²) in [5.74, 6) is -1.07. The van der Waals surface area contributed by atoms with Crippen LogP contribution in [0.1, 0.15) is 12.8 Å². The lowest BCUT2D eigenvalue weighted by Crippen LogP contribution is -2.47. The number of carboxylic acids is 1. The molecule has 0 aromatic carbocycles. The van der Waals surface area contributed by atoms with Crippen molar-refractivity contribution in [2.75, 3.05) is 45.8 Å². The third kappa shape index (κ3) is 4.55. The van der Waals surface area contributed by atoms with Crippen LogP contribution in [-0.4, -0.2) is 90.0 Å². The summed E-state index contributed by atoms with van der Waals surface area (Å²) in [5.41, 5.74) is 0. The van der Waals surface area contributed by atoms with Crippen LogP contribution in [0, 0.1) is 0 Å². The fraction of sp³-hybridized carbons (Fsp3) is 0.846. The van der Waals surface area contributed by atoms with Crippen LogP contribution in [0.5, 0.6) is 0 Å². The maximum atomic E-state index is 12.0. The zero-order valence-corrected chi connectivity index (χ0v) is 12.1. The van der Waals surface area contributed by atoms with Crippen LogP contribution in [0.3, 0.4) is 0 Å². The number of piperazine rings is 1. The first-order valence-corrected chi connectivity index (χ1v) is 7.46. The molecule has 1 unspecified atom stereocenters. The minimum absolute atomic E-state index is 0.0839.